The second-order valence-corrected chi connectivity index (χ2v) is 8.02. The SMILES string of the molecule is Cn1cc(-c2ccn3c(C(=O)Nc4cc(C(F)(F)F)ccc4F)cnc3c2Cl)c2c(N)ncnc21. The van der Waals surface area contributed by atoms with Crippen LogP contribution in [0, 0.1) is 5.82 Å². The number of rotatable bonds is 3. The van der Waals surface area contributed by atoms with E-state index in [9.17, 15) is 22.4 Å². The third kappa shape index (κ3) is 3.71. The highest BCUT2D eigenvalue weighted by Gasteiger charge is 2.31. The number of aromatic nitrogens is 5. The molecule has 8 nitrogen and oxygen atoms in total. The first kappa shape index (κ1) is 22.6. The maximum absolute atomic E-state index is 14.1. The molecule has 0 bridgehead atoms. The van der Waals surface area contributed by atoms with E-state index in [0.717, 1.165) is 0 Å². The molecule has 3 N–H and O–H groups in total. The fourth-order valence-corrected chi connectivity index (χ4v) is 4.12. The van der Waals surface area contributed by atoms with Crippen molar-refractivity contribution >= 4 is 45.7 Å². The molecule has 0 fully saturated rings. The minimum Gasteiger partial charge on any atom is -0.383 e. The second-order valence-electron chi connectivity index (χ2n) is 7.64. The summed E-state index contributed by atoms with van der Waals surface area (Å²) in [5, 5.41) is 2.94. The molecule has 5 aromatic rings. The molecular formula is C22H14ClF4N7O. The van der Waals surface area contributed by atoms with Gasteiger partial charge in [-0.1, -0.05) is 11.6 Å². The predicted octanol–water partition coefficient (Wildman–Crippen LogP) is 4.93. The van der Waals surface area contributed by atoms with Crippen LogP contribution in [0.1, 0.15) is 16.1 Å². The standard InChI is InChI=1S/C22H14ClF4N7O/c1-33-8-12(16-18(28)30-9-31-19(16)33)11-4-5-34-15(7-29-20(34)17(11)23)21(35)32-14-6-10(22(25,26)27)2-3-13(14)24/h2-9H,1H3,(H,32,35)(H2,28,30,31). The van der Waals surface area contributed by atoms with Crippen LogP contribution in [-0.2, 0) is 13.2 Å². The van der Waals surface area contributed by atoms with Crippen molar-refractivity contribution in [3.63, 3.8) is 0 Å². The lowest BCUT2D eigenvalue weighted by Crippen LogP contribution is -2.16. The Labute approximate surface area is 199 Å². The van der Waals surface area contributed by atoms with Gasteiger partial charge in [-0.15, -0.1) is 0 Å². The lowest BCUT2D eigenvalue weighted by Gasteiger charge is -2.11. The van der Waals surface area contributed by atoms with E-state index in [2.05, 4.69) is 20.3 Å². The Balaban J connectivity index is 1.55. The predicted molar refractivity (Wildman–Crippen MR) is 121 cm³/mol. The van der Waals surface area contributed by atoms with Crippen LogP contribution >= 0.6 is 11.6 Å². The molecule has 4 heterocycles. The molecule has 5 rings (SSSR count). The van der Waals surface area contributed by atoms with E-state index >= 15 is 0 Å². The van der Waals surface area contributed by atoms with Crippen molar-refractivity contribution in [3.05, 3.63) is 71.3 Å². The van der Waals surface area contributed by atoms with Crippen LogP contribution in [0.5, 0.6) is 0 Å². The number of carbonyl (C=O) groups is 1. The summed E-state index contributed by atoms with van der Waals surface area (Å²) in [6.45, 7) is 0. The summed E-state index contributed by atoms with van der Waals surface area (Å²) in [5.74, 6) is -1.63. The van der Waals surface area contributed by atoms with Crippen LogP contribution < -0.4 is 11.1 Å². The largest absolute Gasteiger partial charge is 0.416 e. The molecule has 13 heteroatoms. The highest BCUT2D eigenvalue weighted by molar-refractivity contribution is 6.36. The quantitative estimate of drug-likeness (QED) is 0.340. The molecule has 0 unspecified atom stereocenters. The summed E-state index contributed by atoms with van der Waals surface area (Å²) >= 11 is 6.62. The van der Waals surface area contributed by atoms with E-state index in [0.29, 0.717) is 40.4 Å². The van der Waals surface area contributed by atoms with Gasteiger partial charge < -0.3 is 15.6 Å². The van der Waals surface area contributed by atoms with E-state index in [1.807, 2.05) is 0 Å². The molecule has 0 spiro atoms. The van der Waals surface area contributed by atoms with Gasteiger partial charge in [-0.25, -0.2) is 19.3 Å². The number of hydrogen-bond donors (Lipinski definition) is 2. The highest BCUT2D eigenvalue weighted by Crippen LogP contribution is 2.38. The maximum Gasteiger partial charge on any atom is 0.416 e. The van der Waals surface area contributed by atoms with Gasteiger partial charge >= 0.3 is 6.18 Å². The topological polar surface area (TPSA) is 103 Å². The van der Waals surface area contributed by atoms with Gasteiger partial charge in [0.2, 0.25) is 0 Å². The van der Waals surface area contributed by atoms with Crippen LogP contribution in [-0.4, -0.2) is 29.8 Å². The third-order valence-corrected chi connectivity index (χ3v) is 5.84. The Hall–Kier alpha value is -4.19. The smallest absolute Gasteiger partial charge is 0.383 e. The summed E-state index contributed by atoms with van der Waals surface area (Å²) < 4.78 is 56.1. The average molecular weight is 504 g/mol. The molecule has 35 heavy (non-hydrogen) atoms. The number of nitrogens with two attached hydrogens (primary N) is 1. The monoisotopic (exact) mass is 503 g/mol. The molecule has 0 radical (unpaired) electrons. The van der Waals surface area contributed by atoms with E-state index in [-0.39, 0.29) is 22.2 Å². The molecule has 0 saturated carbocycles. The molecule has 4 aromatic heterocycles. The first-order valence-electron chi connectivity index (χ1n) is 9.95. The number of amides is 1. The molecule has 0 atom stereocenters. The number of fused-ring (bicyclic) bond motifs is 2. The van der Waals surface area contributed by atoms with Gasteiger partial charge in [0.25, 0.3) is 5.91 Å². The van der Waals surface area contributed by atoms with Gasteiger partial charge in [-0.3, -0.25) is 9.20 Å². The summed E-state index contributed by atoms with van der Waals surface area (Å²) in [4.78, 5) is 25.2. The number of carbonyl (C=O) groups excluding carboxylic acids is 1. The van der Waals surface area contributed by atoms with Gasteiger partial charge in [0.05, 0.1) is 27.9 Å². The number of halogens is 5. The number of nitrogen functional groups attached to an aromatic ring is 1. The first-order chi connectivity index (χ1) is 16.6. The third-order valence-electron chi connectivity index (χ3n) is 5.47. The Bertz CT molecular complexity index is 1640. The number of alkyl halides is 3. The normalized spacial score (nSPS) is 11.9. The van der Waals surface area contributed by atoms with Crippen molar-refractivity contribution in [2.45, 2.75) is 6.18 Å². The van der Waals surface area contributed by atoms with E-state index in [1.54, 1.807) is 23.9 Å². The number of benzene rings is 1. The van der Waals surface area contributed by atoms with Crippen molar-refractivity contribution < 1.29 is 22.4 Å². The van der Waals surface area contributed by atoms with Gasteiger partial charge in [-0.05, 0) is 24.3 Å². The van der Waals surface area contributed by atoms with Gasteiger partial charge in [0.15, 0.2) is 5.65 Å². The molecule has 0 aliphatic heterocycles. The van der Waals surface area contributed by atoms with Gasteiger partial charge in [0, 0.05) is 30.6 Å². The number of pyridine rings is 1. The fourth-order valence-electron chi connectivity index (χ4n) is 3.82. The summed E-state index contributed by atoms with van der Waals surface area (Å²) in [6.07, 6.45) is 1.13. The van der Waals surface area contributed by atoms with Crippen molar-refractivity contribution in [2.75, 3.05) is 11.1 Å². The zero-order valence-electron chi connectivity index (χ0n) is 17.7. The van der Waals surface area contributed by atoms with Crippen molar-refractivity contribution in [1.82, 2.24) is 23.9 Å². The minimum atomic E-state index is -4.70. The lowest BCUT2D eigenvalue weighted by atomic mass is 10.1. The molecule has 178 valence electrons. The molecular weight excluding hydrogens is 490 g/mol. The minimum absolute atomic E-state index is 0.0639. The van der Waals surface area contributed by atoms with E-state index in [1.165, 1.54) is 23.1 Å². The highest BCUT2D eigenvalue weighted by atomic mass is 35.5. The molecule has 0 saturated heterocycles. The zero-order chi connectivity index (χ0) is 25.1. The molecule has 1 amide bonds. The van der Waals surface area contributed by atoms with Gasteiger partial charge in [-0.2, -0.15) is 13.2 Å². The Kier molecular flexibility index (Phi) is 5.13. The summed E-state index contributed by atoms with van der Waals surface area (Å²) in [7, 11) is 1.79. The Morgan fingerprint density at radius 2 is 1.89 bits per heavy atom. The number of anilines is 2. The van der Waals surface area contributed by atoms with E-state index in [4.69, 9.17) is 17.3 Å². The zero-order valence-corrected chi connectivity index (χ0v) is 18.5. The lowest BCUT2D eigenvalue weighted by molar-refractivity contribution is -0.137. The maximum atomic E-state index is 14.1. The second kappa shape index (κ2) is 7.94. The van der Waals surface area contributed by atoms with Crippen LogP contribution in [0.3, 0.4) is 0 Å². The molecule has 0 aliphatic rings. The van der Waals surface area contributed by atoms with Crippen molar-refractivity contribution in [1.29, 1.82) is 0 Å². The van der Waals surface area contributed by atoms with Crippen molar-refractivity contribution in [2.24, 2.45) is 7.05 Å². The number of nitrogens with zero attached hydrogens (tertiary/aromatic N) is 5. The van der Waals surface area contributed by atoms with Crippen LogP contribution in [0.2, 0.25) is 5.02 Å². The summed E-state index contributed by atoms with van der Waals surface area (Å²) in [5.41, 5.74) is 6.26. The number of aryl methyl sites for hydroxylation is 1. The van der Waals surface area contributed by atoms with Gasteiger partial charge in [0.1, 0.15) is 29.3 Å². The Morgan fingerprint density at radius 1 is 1.11 bits per heavy atom. The number of imidazole rings is 1. The fraction of sp³-hybridized carbons (Fsp3) is 0.0909. The molecule has 0 aliphatic carbocycles. The number of hydrogen-bond acceptors (Lipinski definition) is 5. The first-order valence-corrected chi connectivity index (χ1v) is 10.3. The van der Waals surface area contributed by atoms with Crippen LogP contribution in [0.25, 0.3) is 27.8 Å². The Morgan fingerprint density at radius 3 is 2.63 bits per heavy atom. The van der Waals surface area contributed by atoms with Crippen molar-refractivity contribution in [3.8, 4) is 11.1 Å². The number of nitrogens with one attached hydrogen (secondary N) is 1. The van der Waals surface area contributed by atoms with Crippen LogP contribution in [0.15, 0.2) is 49.2 Å². The molecule has 1 aromatic carbocycles. The van der Waals surface area contributed by atoms with E-state index < -0.39 is 29.2 Å². The summed E-state index contributed by atoms with van der Waals surface area (Å²) in [6, 6.07) is 3.37. The van der Waals surface area contributed by atoms with Crippen LogP contribution in [0.4, 0.5) is 29.1 Å². The average Bonchev–Trinajstić information content (AvgIpc) is 3.38.